The van der Waals surface area contributed by atoms with Gasteiger partial charge in [-0.1, -0.05) is 29.8 Å². The van der Waals surface area contributed by atoms with Crippen LogP contribution in [-0.2, 0) is 16.9 Å². The smallest absolute Gasteiger partial charge is 0.222 e. The highest BCUT2D eigenvalue weighted by Gasteiger charge is 2.53. The SMILES string of the molecule is COc1ccc(Cc2cc([C@@]3(O)O[C@H](CC#N)[C@@H](O)[C@H](O)[C@H]3O)ccc2Cl)cc1. The molecule has 1 fully saturated rings. The maximum Gasteiger partial charge on any atom is 0.222 e. The molecule has 0 aromatic heterocycles. The maximum atomic E-state index is 11.0. The topological polar surface area (TPSA) is 123 Å². The van der Waals surface area contributed by atoms with Gasteiger partial charge in [-0.3, -0.25) is 0 Å². The second-order valence-corrected chi connectivity index (χ2v) is 7.38. The zero-order valence-corrected chi connectivity index (χ0v) is 16.5. The molecule has 7 nitrogen and oxygen atoms in total. The summed E-state index contributed by atoms with van der Waals surface area (Å²) >= 11 is 6.31. The van der Waals surface area contributed by atoms with E-state index in [0.29, 0.717) is 17.0 Å². The minimum Gasteiger partial charge on any atom is -0.497 e. The summed E-state index contributed by atoms with van der Waals surface area (Å²) in [5.74, 6) is -1.59. The van der Waals surface area contributed by atoms with Gasteiger partial charge in [-0.2, -0.15) is 5.26 Å². The van der Waals surface area contributed by atoms with Crippen LogP contribution < -0.4 is 4.74 Å². The number of hydrogen-bond acceptors (Lipinski definition) is 7. The highest BCUT2D eigenvalue weighted by atomic mass is 35.5. The predicted octanol–water partition coefficient (Wildman–Crippen LogP) is 1.48. The molecule has 2 aromatic carbocycles. The van der Waals surface area contributed by atoms with Crippen LogP contribution in [-0.4, -0.2) is 52.0 Å². The van der Waals surface area contributed by atoms with Gasteiger partial charge in [0.15, 0.2) is 0 Å². The summed E-state index contributed by atoms with van der Waals surface area (Å²) in [4.78, 5) is 0. The van der Waals surface area contributed by atoms with Crippen molar-refractivity contribution in [3.63, 3.8) is 0 Å². The molecule has 1 saturated heterocycles. The van der Waals surface area contributed by atoms with Gasteiger partial charge in [0.05, 0.1) is 19.6 Å². The molecule has 154 valence electrons. The summed E-state index contributed by atoms with van der Waals surface area (Å²) in [6, 6.07) is 13.8. The monoisotopic (exact) mass is 419 g/mol. The third kappa shape index (κ3) is 4.23. The Labute approximate surface area is 173 Å². The van der Waals surface area contributed by atoms with Crippen LogP contribution in [0.2, 0.25) is 5.02 Å². The summed E-state index contributed by atoms with van der Waals surface area (Å²) in [5.41, 5.74) is 1.77. The number of hydrogen-bond donors (Lipinski definition) is 4. The normalized spacial score (nSPS) is 29.3. The number of aliphatic hydroxyl groups excluding tert-OH is 3. The Kier molecular flexibility index (Phi) is 6.44. The molecule has 0 saturated carbocycles. The van der Waals surface area contributed by atoms with Crippen molar-refractivity contribution in [3.05, 3.63) is 64.2 Å². The first-order valence-electron chi connectivity index (χ1n) is 9.03. The fraction of sp³-hybridized carbons (Fsp3) is 0.381. The molecule has 4 N–H and O–H groups in total. The second kappa shape index (κ2) is 8.67. The van der Waals surface area contributed by atoms with E-state index in [1.807, 2.05) is 30.3 Å². The molecule has 1 aliphatic rings. The number of benzene rings is 2. The number of aliphatic hydroxyl groups is 4. The van der Waals surface area contributed by atoms with Gasteiger partial charge in [-0.05, 0) is 41.8 Å². The molecule has 0 bridgehead atoms. The quantitative estimate of drug-likeness (QED) is 0.578. The minimum atomic E-state index is -2.31. The van der Waals surface area contributed by atoms with Crippen molar-refractivity contribution in [3.8, 4) is 11.8 Å². The average Bonchev–Trinajstić information content (AvgIpc) is 2.72. The van der Waals surface area contributed by atoms with Crippen molar-refractivity contribution in [2.24, 2.45) is 0 Å². The van der Waals surface area contributed by atoms with Gasteiger partial charge in [0.1, 0.15) is 30.2 Å². The van der Waals surface area contributed by atoms with Gasteiger partial charge in [0.2, 0.25) is 5.79 Å². The van der Waals surface area contributed by atoms with Crippen LogP contribution >= 0.6 is 11.6 Å². The van der Waals surface area contributed by atoms with Crippen molar-refractivity contribution >= 4 is 11.6 Å². The fourth-order valence-electron chi connectivity index (χ4n) is 3.40. The molecule has 0 unspecified atom stereocenters. The van der Waals surface area contributed by atoms with Crippen molar-refractivity contribution in [2.75, 3.05) is 7.11 Å². The lowest BCUT2D eigenvalue weighted by molar-refractivity contribution is -0.353. The molecule has 0 amide bonds. The Morgan fingerprint density at radius 1 is 1.14 bits per heavy atom. The van der Waals surface area contributed by atoms with Crippen LogP contribution in [0, 0.1) is 11.3 Å². The van der Waals surface area contributed by atoms with Crippen molar-refractivity contribution < 1.29 is 29.9 Å². The fourth-order valence-corrected chi connectivity index (χ4v) is 3.58. The number of nitriles is 1. The molecule has 0 radical (unpaired) electrons. The number of methoxy groups -OCH3 is 1. The minimum absolute atomic E-state index is 0.159. The molecule has 0 aliphatic carbocycles. The van der Waals surface area contributed by atoms with Crippen LogP contribution in [0.3, 0.4) is 0 Å². The van der Waals surface area contributed by atoms with E-state index in [4.69, 9.17) is 26.3 Å². The number of halogens is 1. The van der Waals surface area contributed by atoms with E-state index in [9.17, 15) is 20.4 Å². The number of rotatable bonds is 5. The summed E-state index contributed by atoms with van der Waals surface area (Å²) in [7, 11) is 1.58. The van der Waals surface area contributed by atoms with E-state index in [1.54, 1.807) is 19.2 Å². The van der Waals surface area contributed by atoms with Gasteiger partial charge < -0.3 is 29.9 Å². The van der Waals surface area contributed by atoms with E-state index in [0.717, 1.165) is 11.3 Å². The molecule has 0 spiro atoms. The van der Waals surface area contributed by atoms with Gasteiger partial charge in [0.25, 0.3) is 0 Å². The first-order chi connectivity index (χ1) is 13.8. The lowest BCUT2D eigenvalue weighted by Crippen LogP contribution is -2.62. The van der Waals surface area contributed by atoms with Crippen molar-refractivity contribution in [1.82, 2.24) is 0 Å². The van der Waals surface area contributed by atoms with E-state index in [-0.39, 0.29) is 12.0 Å². The first-order valence-corrected chi connectivity index (χ1v) is 9.41. The van der Waals surface area contributed by atoms with Crippen molar-refractivity contribution in [1.29, 1.82) is 5.26 Å². The standard InChI is InChI=1S/C21H22ClNO6/c1-28-15-5-2-12(3-6-15)10-13-11-14(4-7-16(13)22)21(27)20(26)19(25)18(24)17(29-21)8-9-23/h2-7,11,17-20,24-27H,8,10H2,1H3/t17-,18-,19+,20-,21-/m1/s1. The highest BCUT2D eigenvalue weighted by Crippen LogP contribution is 2.38. The number of ether oxygens (including phenoxy) is 2. The van der Waals surface area contributed by atoms with Crippen LogP contribution in [0.25, 0.3) is 0 Å². The Hall–Kier alpha value is -2.18. The van der Waals surface area contributed by atoms with Crippen LogP contribution in [0.4, 0.5) is 0 Å². The molecule has 1 heterocycles. The van der Waals surface area contributed by atoms with E-state index in [2.05, 4.69) is 0 Å². The Balaban J connectivity index is 1.93. The molecule has 5 atom stereocenters. The summed E-state index contributed by atoms with van der Waals surface area (Å²) in [6.45, 7) is 0. The Bertz CT molecular complexity index is 899. The molecular formula is C21H22ClNO6. The second-order valence-electron chi connectivity index (χ2n) is 6.97. The summed E-state index contributed by atoms with van der Waals surface area (Å²) < 4.78 is 10.6. The molecule has 2 aromatic rings. The van der Waals surface area contributed by atoms with Gasteiger partial charge in [-0.25, -0.2) is 0 Å². The van der Waals surface area contributed by atoms with Gasteiger partial charge >= 0.3 is 0 Å². The lowest BCUT2D eigenvalue weighted by atomic mass is 9.86. The average molecular weight is 420 g/mol. The highest BCUT2D eigenvalue weighted by molar-refractivity contribution is 6.31. The summed E-state index contributed by atoms with van der Waals surface area (Å²) in [6.07, 6.45) is -6.00. The molecule has 3 rings (SSSR count). The Morgan fingerprint density at radius 2 is 1.83 bits per heavy atom. The van der Waals surface area contributed by atoms with Gasteiger partial charge in [-0.15, -0.1) is 0 Å². The third-order valence-electron chi connectivity index (χ3n) is 5.09. The van der Waals surface area contributed by atoms with Crippen LogP contribution in [0.1, 0.15) is 23.1 Å². The zero-order valence-electron chi connectivity index (χ0n) is 15.7. The summed E-state index contributed by atoms with van der Waals surface area (Å²) in [5, 5.41) is 51.0. The van der Waals surface area contributed by atoms with E-state index < -0.39 is 30.2 Å². The predicted molar refractivity (Wildman–Crippen MR) is 104 cm³/mol. The van der Waals surface area contributed by atoms with E-state index in [1.165, 1.54) is 6.07 Å². The Morgan fingerprint density at radius 3 is 2.45 bits per heavy atom. The maximum absolute atomic E-state index is 11.0. The first kappa shape index (κ1) is 21.5. The van der Waals surface area contributed by atoms with Gasteiger partial charge in [0, 0.05) is 10.6 Å². The van der Waals surface area contributed by atoms with Crippen LogP contribution in [0.15, 0.2) is 42.5 Å². The molecule has 8 heteroatoms. The molecule has 29 heavy (non-hydrogen) atoms. The van der Waals surface area contributed by atoms with E-state index >= 15 is 0 Å². The van der Waals surface area contributed by atoms with Crippen LogP contribution in [0.5, 0.6) is 5.75 Å². The number of nitrogens with zero attached hydrogens (tertiary/aromatic N) is 1. The molecule has 1 aliphatic heterocycles. The lowest BCUT2D eigenvalue weighted by Gasteiger charge is -2.45. The largest absolute Gasteiger partial charge is 0.497 e. The van der Waals surface area contributed by atoms with Crippen molar-refractivity contribution in [2.45, 2.75) is 43.0 Å². The molecular weight excluding hydrogens is 398 g/mol. The third-order valence-corrected chi connectivity index (χ3v) is 5.46. The zero-order chi connectivity index (χ0) is 21.2.